The molecule has 2 aromatic heterocycles. The molecular weight excluding hydrogens is 376 g/mol. The fourth-order valence-corrected chi connectivity index (χ4v) is 3.31. The van der Waals surface area contributed by atoms with E-state index in [1.165, 1.54) is 11.3 Å². The topological polar surface area (TPSA) is 114 Å². The first-order valence-electron chi connectivity index (χ1n) is 7.72. The Labute approximate surface area is 154 Å². The number of amides is 1. The van der Waals surface area contributed by atoms with Crippen LogP contribution in [0.1, 0.15) is 22.5 Å². The molecule has 3 rings (SSSR count). The third kappa shape index (κ3) is 4.46. The van der Waals surface area contributed by atoms with Crippen LogP contribution in [0, 0.1) is 0 Å². The van der Waals surface area contributed by atoms with Crippen LogP contribution in [-0.4, -0.2) is 30.2 Å². The van der Waals surface area contributed by atoms with E-state index in [9.17, 15) is 13.2 Å². The van der Waals surface area contributed by atoms with Crippen LogP contribution in [0.2, 0.25) is 0 Å². The minimum Gasteiger partial charge on any atom is -0.342 e. The van der Waals surface area contributed by atoms with Gasteiger partial charge in [0.2, 0.25) is 21.7 Å². The number of hydrogen-bond acceptors (Lipinski definition) is 7. The zero-order valence-corrected chi connectivity index (χ0v) is 15.4. The van der Waals surface area contributed by atoms with Crippen molar-refractivity contribution in [3.8, 4) is 11.4 Å². The number of anilines is 1. The maximum atomic E-state index is 11.9. The fourth-order valence-electron chi connectivity index (χ4n) is 2.03. The highest BCUT2D eigenvalue weighted by atomic mass is 32.2. The summed E-state index contributed by atoms with van der Waals surface area (Å²) >= 11 is 1.35. The molecule has 8 nitrogen and oxygen atoms in total. The molecule has 10 heteroatoms. The second kappa shape index (κ2) is 7.67. The molecule has 26 heavy (non-hydrogen) atoms. The molecule has 0 aliphatic rings. The number of carbonyl (C=O) groups excluding carboxylic acids is 1. The maximum Gasteiger partial charge on any atom is 0.261 e. The SMILES string of the molecule is CCS(=O)(=O)Nc1ccc(-c2noc(CNC(=O)c3cccs3)n2)cc1. The van der Waals surface area contributed by atoms with Crippen molar-refractivity contribution in [3.05, 3.63) is 52.5 Å². The molecular formula is C16H16N4O4S2. The normalized spacial score (nSPS) is 11.3. The highest BCUT2D eigenvalue weighted by Crippen LogP contribution is 2.19. The average molecular weight is 392 g/mol. The van der Waals surface area contributed by atoms with E-state index in [0.717, 1.165) is 0 Å². The first-order chi connectivity index (χ1) is 12.5. The molecule has 0 fully saturated rings. The Kier molecular flexibility index (Phi) is 5.33. The van der Waals surface area contributed by atoms with E-state index in [1.54, 1.807) is 43.3 Å². The lowest BCUT2D eigenvalue weighted by Gasteiger charge is -2.05. The number of nitrogens with one attached hydrogen (secondary N) is 2. The summed E-state index contributed by atoms with van der Waals surface area (Å²) in [7, 11) is -3.32. The maximum absolute atomic E-state index is 11.9. The van der Waals surface area contributed by atoms with Crippen LogP contribution in [-0.2, 0) is 16.6 Å². The van der Waals surface area contributed by atoms with Crippen molar-refractivity contribution in [1.82, 2.24) is 15.5 Å². The third-order valence-electron chi connectivity index (χ3n) is 3.41. The van der Waals surface area contributed by atoms with Crippen molar-refractivity contribution < 1.29 is 17.7 Å². The van der Waals surface area contributed by atoms with Gasteiger partial charge in [0, 0.05) is 11.3 Å². The summed E-state index contributed by atoms with van der Waals surface area (Å²) in [5, 5.41) is 8.40. The van der Waals surface area contributed by atoms with Gasteiger partial charge in [-0.15, -0.1) is 11.3 Å². The monoisotopic (exact) mass is 392 g/mol. The van der Waals surface area contributed by atoms with Gasteiger partial charge < -0.3 is 9.84 Å². The number of thiophene rings is 1. The van der Waals surface area contributed by atoms with Crippen molar-refractivity contribution in [1.29, 1.82) is 0 Å². The summed E-state index contributed by atoms with van der Waals surface area (Å²) in [6.07, 6.45) is 0. The zero-order chi connectivity index (χ0) is 18.6. The van der Waals surface area contributed by atoms with Crippen molar-refractivity contribution in [2.75, 3.05) is 10.5 Å². The number of rotatable bonds is 7. The largest absolute Gasteiger partial charge is 0.342 e. The van der Waals surface area contributed by atoms with E-state index in [1.807, 2.05) is 5.38 Å². The van der Waals surface area contributed by atoms with Gasteiger partial charge in [0.1, 0.15) is 0 Å². The van der Waals surface area contributed by atoms with Crippen LogP contribution in [0.3, 0.4) is 0 Å². The molecule has 0 saturated carbocycles. The lowest BCUT2D eigenvalue weighted by molar-refractivity contribution is 0.0950. The number of sulfonamides is 1. The highest BCUT2D eigenvalue weighted by molar-refractivity contribution is 7.92. The summed E-state index contributed by atoms with van der Waals surface area (Å²) in [5.74, 6) is 0.434. The quantitative estimate of drug-likeness (QED) is 0.638. The first kappa shape index (κ1) is 18.1. The number of benzene rings is 1. The standard InChI is InChI=1S/C16H16N4O4S2/c1-2-26(22,23)20-12-7-5-11(6-8-12)15-18-14(24-19-15)10-17-16(21)13-4-3-9-25-13/h3-9,20H,2,10H2,1H3,(H,17,21). The Balaban J connectivity index is 1.63. The molecule has 2 heterocycles. The summed E-state index contributed by atoms with van der Waals surface area (Å²) in [6.45, 7) is 1.69. The molecule has 1 amide bonds. The van der Waals surface area contributed by atoms with E-state index in [-0.39, 0.29) is 24.1 Å². The van der Waals surface area contributed by atoms with Gasteiger partial charge in [0.25, 0.3) is 5.91 Å². The molecule has 0 atom stereocenters. The second-order valence-electron chi connectivity index (χ2n) is 5.25. The molecule has 0 radical (unpaired) electrons. The molecule has 0 bridgehead atoms. The molecule has 1 aromatic carbocycles. The van der Waals surface area contributed by atoms with E-state index >= 15 is 0 Å². The molecule has 0 unspecified atom stereocenters. The number of aromatic nitrogens is 2. The van der Waals surface area contributed by atoms with Crippen LogP contribution >= 0.6 is 11.3 Å². The molecule has 0 saturated heterocycles. The molecule has 3 aromatic rings. The smallest absolute Gasteiger partial charge is 0.261 e. The zero-order valence-electron chi connectivity index (χ0n) is 13.8. The van der Waals surface area contributed by atoms with Gasteiger partial charge in [-0.2, -0.15) is 4.98 Å². The van der Waals surface area contributed by atoms with Crippen molar-refractivity contribution in [3.63, 3.8) is 0 Å². The lowest BCUT2D eigenvalue weighted by atomic mass is 10.2. The van der Waals surface area contributed by atoms with E-state index in [2.05, 4.69) is 20.2 Å². The van der Waals surface area contributed by atoms with Crippen LogP contribution in [0.25, 0.3) is 11.4 Å². The highest BCUT2D eigenvalue weighted by Gasteiger charge is 2.12. The van der Waals surface area contributed by atoms with Gasteiger partial charge in [-0.25, -0.2) is 8.42 Å². The Morgan fingerprint density at radius 3 is 2.65 bits per heavy atom. The van der Waals surface area contributed by atoms with Gasteiger partial charge >= 0.3 is 0 Å². The molecule has 0 aliphatic heterocycles. The van der Waals surface area contributed by atoms with E-state index in [4.69, 9.17) is 4.52 Å². The molecule has 2 N–H and O–H groups in total. The van der Waals surface area contributed by atoms with E-state index in [0.29, 0.717) is 22.0 Å². The molecule has 136 valence electrons. The van der Waals surface area contributed by atoms with Crippen molar-refractivity contribution >= 4 is 33.0 Å². The Morgan fingerprint density at radius 1 is 1.23 bits per heavy atom. The van der Waals surface area contributed by atoms with Crippen LogP contribution in [0.5, 0.6) is 0 Å². The minimum atomic E-state index is -3.32. The summed E-state index contributed by atoms with van der Waals surface area (Å²) < 4.78 is 30.7. The summed E-state index contributed by atoms with van der Waals surface area (Å²) in [5.41, 5.74) is 1.13. The van der Waals surface area contributed by atoms with Crippen LogP contribution in [0.4, 0.5) is 5.69 Å². The Hall–Kier alpha value is -2.72. The van der Waals surface area contributed by atoms with E-state index < -0.39 is 10.0 Å². The van der Waals surface area contributed by atoms with Gasteiger partial charge in [0.15, 0.2) is 0 Å². The first-order valence-corrected chi connectivity index (χ1v) is 10.3. The lowest BCUT2D eigenvalue weighted by Crippen LogP contribution is -2.21. The predicted molar refractivity (Wildman–Crippen MR) is 98.3 cm³/mol. The van der Waals surface area contributed by atoms with Gasteiger partial charge in [0.05, 0.1) is 17.2 Å². The number of hydrogen-bond donors (Lipinski definition) is 2. The van der Waals surface area contributed by atoms with Crippen molar-refractivity contribution in [2.24, 2.45) is 0 Å². The average Bonchev–Trinajstić information content (AvgIpc) is 3.32. The number of nitrogens with zero attached hydrogens (tertiary/aromatic N) is 2. The van der Waals surface area contributed by atoms with Gasteiger partial charge in [-0.05, 0) is 42.6 Å². The van der Waals surface area contributed by atoms with Crippen LogP contribution < -0.4 is 10.0 Å². The summed E-state index contributed by atoms with van der Waals surface area (Å²) in [4.78, 5) is 16.7. The van der Waals surface area contributed by atoms with Crippen LogP contribution in [0.15, 0.2) is 46.3 Å². The van der Waals surface area contributed by atoms with Gasteiger partial charge in [-0.3, -0.25) is 9.52 Å². The second-order valence-corrected chi connectivity index (χ2v) is 8.21. The minimum absolute atomic E-state index is 0.000144. The Bertz CT molecular complexity index is 980. The molecule has 0 aliphatic carbocycles. The van der Waals surface area contributed by atoms with Gasteiger partial charge in [-0.1, -0.05) is 11.2 Å². The molecule has 0 spiro atoms. The predicted octanol–water partition coefficient (Wildman–Crippen LogP) is 2.49. The number of carbonyl (C=O) groups is 1. The summed E-state index contributed by atoms with van der Waals surface area (Å²) in [6, 6.07) is 10.1. The third-order valence-corrected chi connectivity index (χ3v) is 5.59. The fraction of sp³-hybridized carbons (Fsp3) is 0.188. The van der Waals surface area contributed by atoms with Crippen molar-refractivity contribution in [2.45, 2.75) is 13.5 Å². The Morgan fingerprint density at radius 2 is 2.00 bits per heavy atom.